The van der Waals surface area contributed by atoms with Gasteiger partial charge in [0.15, 0.2) is 0 Å². The third-order valence-electron chi connectivity index (χ3n) is 7.84. The van der Waals surface area contributed by atoms with Gasteiger partial charge < -0.3 is 19.1 Å². The minimum absolute atomic E-state index is 0.0128. The Morgan fingerprint density at radius 2 is 2.00 bits per heavy atom. The minimum atomic E-state index is -2.50. The van der Waals surface area contributed by atoms with Gasteiger partial charge in [-0.05, 0) is 69.3 Å². The molecule has 0 spiro atoms. The van der Waals surface area contributed by atoms with E-state index < -0.39 is 24.3 Å². The maximum absolute atomic E-state index is 15.7. The van der Waals surface area contributed by atoms with Crippen LogP contribution in [0.25, 0.3) is 33.2 Å². The first-order chi connectivity index (χ1) is 20.4. The van der Waals surface area contributed by atoms with Gasteiger partial charge in [-0.2, -0.15) is 0 Å². The Hall–Kier alpha value is -3.89. The summed E-state index contributed by atoms with van der Waals surface area (Å²) in [5, 5.41) is 19.7. The lowest BCUT2D eigenvalue weighted by Crippen LogP contribution is -2.27. The summed E-state index contributed by atoms with van der Waals surface area (Å²) in [5.41, 5.74) is 2.48. The topological polar surface area (TPSA) is 100 Å². The average Bonchev–Trinajstić information content (AvgIpc) is 3.52. The maximum atomic E-state index is 15.7. The summed E-state index contributed by atoms with van der Waals surface area (Å²) in [6.07, 6.45) is 5.77. The zero-order chi connectivity index (χ0) is 30.7. The molecule has 208 valence electrons. The van der Waals surface area contributed by atoms with Gasteiger partial charge in [0, 0.05) is 47.9 Å². The Morgan fingerprint density at radius 3 is 2.70 bits per heavy atom. The van der Waals surface area contributed by atoms with Crippen LogP contribution in [-0.2, 0) is 17.4 Å². The van der Waals surface area contributed by atoms with Crippen molar-refractivity contribution in [2.24, 2.45) is 13.0 Å². The van der Waals surface area contributed by atoms with Crippen molar-refractivity contribution in [2.75, 3.05) is 20.3 Å². The zero-order valence-corrected chi connectivity index (χ0v) is 22.8. The van der Waals surface area contributed by atoms with E-state index in [4.69, 9.17) is 18.6 Å². The quantitative estimate of drug-likeness (QED) is 0.316. The number of halogens is 1. The fourth-order valence-corrected chi connectivity index (χ4v) is 5.87. The summed E-state index contributed by atoms with van der Waals surface area (Å²) >= 11 is 0. The van der Waals surface area contributed by atoms with Crippen LogP contribution < -0.4 is 4.74 Å². The smallest absolute Gasteiger partial charge is 0.146 e. The summed E-state index contributed by atoms with van der Waals surface area (Å²) in [7, 11) is 3.19. The maximum Gasteiger partial charge on any atom is 0.146 e. The first-order valence-corrected chi connectivity index (χ1v) is 13.2. The van der Waals surface area contributed by atoms with Crippen LogP contribution in [-0.4, -0.2) is 55.0 Å². The van der Waals surface area contributed by atoms with Gasteiger partial charge in [0.1, 0.15) is 11.6 Å². The molecule has 1 fully saturated rings. The van der Waals surface area contributed by atoms with E-state index in [1.165, 1.54) is 10.9 Å². The van der Waals surface area contributed by atoms with Crippen molar-refractivity contribution in [3.63, 3.8) is 0 Å². The molecule has 0 radical (unpaired) electrons. The third kappa shape index (κ3) is 4.31. The lowest BCUT2D eigenvalue weighted by Gasteiger charge is -2.33. The first kappa shape index (κ1) is 22.9. The van der Waals surface area contributed by atoms with E-state index in [0.717, 1.165) is 0 Å². The highest BCUT2D eigenvalue weighted by Crippen LogP contribution is 2.45. The second kappa shape index (κ2) is 9.94. The van der Waals surface area contributed by atoms with Gasteiger partial charge in [-0.1, -0.05) is 5.21 Å². The van der Waals surface area contributed by atoms with E-state index in [2.05, 4.69) is 15.3 Å². The molecule has 1 atom stereocenters. The number of aryl methyl sites for hydroxylation is 2. The molecule has 1 unspecified atom stereocenters. The summed E-state index contributed by atoms with van der Waals surface area (Å²) in [4.78, 5) is 8.85. The van der Waals surface area contributed by atoms with E-state index in [-0.39, 0.29) is 11.6 Å². The number of hydrogen-bond acceptors (Lipinski definition) is 7. The number of fused-ring (bicyclic) bond motifs is 3. The van der Waals surface area contributed by atoms with Crippen molar-refractivity contribution in [1.82, 2.24) is 29.5 Å². The largest absolute Gasteiger partial charge is 0.496 e. The lowest BCUT2D eigenvalue weighted by atomic mass is 9.86. The molecule has 0 aliphatic carbocycles. The summed E-state index contributed by atoms with van der Waals surface area (Å²) < 4.78 is 54.8. The number of nitrogens with zero attached hydrogens (tertiary/aromatic N) is 6. The Bertz CT molecular complexity index is 1820. The minimum Gasteiger partial charge on any atom is -0.496 e. The molecule has 6 rings (SSSR count). The predicted octanol–water partition coefficient (Wildman–Crippen LogP) is 5.08. The molecule has 0 bridgehead atoms. The van der Waals surface area contributed by atoms with E-state index in [9.17, 15) is 5.11 Å². The van der Waals surface area contributed by atoms with Crippen molar-refractivity contribution in [2.45, 2.75) is 45.2 Å². The van der Waals surface area contributed by atoms with E-state index in [1.807, 2.05) is 16.7 Å². The van der Waals surface area contributed by atoms with Gasteiger partial charge in [-0.15, -0.1) is 5.10 Å². The van der Waals surface area contributed by atoms with Crippen molar-refractivity contribution in [3.8, 4) is 17.0 Å². The molecular formula is C30H33FN6O3. The monoisotopic (exact) mass is 547 g/mol. The molecular weight excluding hydrogens is 511 g/mol. The Labute approximate surface area is 235 Å². The number of ether oxygens (including phenoxy) is 2. The molecule has 10 heteroatoms. The van der Waals surface area contributed by atoms with Gasteiger partial charge >= 0.3 is 0 Å². The van der Waals surface area contributed by atoms with Crippen LogP contribution in [0, 0.1) is 18.6 Å². The van der Waals surface area contributed by atoms with Crippen LogP contribution in [0.1, 0.15) is 53.7 Å². The molecule has 40 heavy (non-hydrogen) atoms. The molecule has 1 aromatic carbocycles. The van der Waals surface area contributed by atoms with E-state index in [0.29, 0.717) is 76.1 Å². The molecule has 4 aromatic heterocycles. The summed E-state index contributed by atoms with van der Waals surface area (Å²) in [5.74, 6) is 0.0513. The standard InChI is InChI=1S/C30H33FN6O3/c1-17-28(36(4)35-34-17)19-12-24-27(33-15-19)26-23(13-20(30(2,3)38)14-25(26)39-5)37(24)29(18-7-10-40-11-8-18)21-6-9-32-16-22(21)31/h6,9,12-16,18,29,38H,7-8,10-11H2,1-5H3/i1D3. The highest BCUT2D eigenvalue weighted by molar-refractivity contribution is 6.10. The van der Waals surface area contributed by atoms with Crippen molar-refractivity contribution < 1.29 is 23.1 Å². The van der Waals surface area contributed by atoms with Gasteiger partial charge in [-0.3, -0.25) is 9.97 Å². The molecule has 1 aliphatic rings. The highest BCUT2D eigenvalue weighted by Gasteiger charge is 2.33. The number of pyridine rings is 2. The SMILES string of the molecule is [2H]C([2H])([2H])c1nnn(C)c1-c1cnc2c3c(OC)cc(C(C)(C)O)cc3n(C(c3ccncc3F)C3CCOCC3)c2c1. The molecule has 1 aliphatic heterocycles. The van der Waals surface area contributed by atoms with Crippen LogP contribution in [0.2, 0.25) is 0 Å². The number of methoxy groups -OCH3 is 1. The molecule has 0 amide bonds. The van der Waals surface area contributed by atoms with Crippen LogP contribution in [0.15, 0.2) is 42.9 Å². The summed E-state index contributed by atoms with van der Waals surface area (Å²) in [6, 6.07) is 6.72. The summed E-state index contributed by atoms with van der Waals surface area (Å²) in [6.45, 7) is 1.97. The first-order valence-electron chi connectivity index (χ1n) is 14.7. The zero-order valence-electron chi connectivity index (χ0n) is 25.8. The number of benzene rings is 1. The van der Waals surface area contributed by atoms with E-state index >= 15 is 4.39 Å². The van der Waals surface area contributed by atoms with Gasteiger partial charge in [-0.25, -0.2) is 9.07 Å². The van der Waals surface area contributed by atoms with Crippen molar-refractivity contribution in [3.05, 3.63) is 65.5 Å². The Morgan fingerprint density at radius 1 is 1.20 bits per heavy atom. The average molecular weight is 548 g/mol. The van der Waals surface area contributed by atoms with Gasteiger partial charge in [0.05, 0.1) is 58.3 Å². The van der Waals surface area contributed by atoms with Gasteiger partial charge in [0.25, 0.3) is 0 Å². The van der Waals surface area contributed by atoms with Crippen LogP contribution in [0.4, 0.5) is 4.39 Å². The molecule has 1 N–H and O–H groups in total. The third-order valence-corrected chi connectivity index (χ3v) is 7.84. The highest BCUT2D eigenvalue weighted by atomic mass is 19.1. The normalized spacial score (nSPS) is 17.1. The molecule has 5 heterocycles. The number of aromatic nitrogens is 6. The fraction of sp³-hybridized carbons (Fsp3) is 0.400. The second-order valence-corrected chi connectivity index (χ2v) is 10.8. The Balaban J connectivity index is 1.75. The van der Waals surface area contributed by atoms with Crippen LogP contribution >= 0.6 is 0 Å². The number of hydrogen-bond donors (Lipinski definition) is 1. The molecule has 1 saturated heterocycles. The van der Waals surface area contributed by atoms with Crippen molar-refractivity contribution in [1.29, 1.82) is 0 Å². The van der Waals surface area contributed by atoms with Crippen molar-refractivity contribution >= 4 is 21.9 Å². The molecule has 5 aromatic rings. The van der Waals surface area contributed by atoms with Crippen LogP contribution in [0.5, 0.6) is 5.75 Å². The van der Waals surface area contributed by atoms with E-state index in [1.54, 1.807) is 52.5 Å². The number of rotatable bonds is 6. The molecule has 0 saturated carbocycles. The fourth-order valence-electron chi connectivity index (χ4n) is 5.87. The second-order valence-electron chi connectivity index (χ2n) is 10.8. The van der Waals surface area contributed by atoms with Gasteiger partial charge in [0.2, 0.25) is 0 Å². The van der Waals surface area contributed by atoms with Crippen LogP contribution in [0.3, 0.4) is 0 Å². The number of aliphatic hydroxyl groups is 1. The lowest BCUT2D eigenvalue weighted by molar-refractivity contribution is 0.0548. The molecule has 9 nitrogen and oxygen atoms in total. The Kier molecular flexibility index (Phi) is 5.68. The predicted molar refractivity (Wildman–Crippen MR) is 150 cm³/mol.